The molecule has 0 aliphatic heterocycles. The summed E-state index contributed by atoms with van der Waals surface area (Å²) in [6, 6.07) is 5.08. The molecule has 0 saturated heterocycles. The van der Waals surface area contributed by atoms with E-state index in [9.17, 15) is 4.39 Å². The summed E-state index contributed by atoms with van der Waals surface area (Å²) in [5, 5.41) is 3.13. The summed E-state index contributed by atoms with van der Waals surface area (Å²) >= 11 is 3.21. The van der Waals surface area contributed by atoms with Gasteiger partial charge in [-0.15, -0.1) is 0 Å². The predicted molar refractivity (Wildman–Crippen MR) is 59.5 cm³/mol. The van der Waals surface area contributed by atoms with E-state index >= 15 is 0 Å². The standard InChI is InChI=1S/C10H14BrFN2/c11-9-3-2-8(10(12)6-9)7-14-5-1-4-13/h2-3,6,14H,1,4-5,7,13H2. The topological polar surface area (TPSA) is 38.0 Å². The molecule has 78 valence electrons. The predicted octanol–water partition coefficient (Wildman–Crippen LogP) is 2.03. The third-order valence-electron chi connectivity index (χ3n) is 1.89. The minimum atomic E-state index is -0.181. The summed E-state index contributed by atoms with van der Waals surface area (Å²) in [7, 11) is 0. The minimum Gasteiger partial charge on any atom is -0.330 e. The molecule has 0 fully saturated rings. The van der Waals surface area contributed by atoms with Gasteiger partial charge in [-0.25, -0.2) is 4.39 Å². The molecule has 0 aromatic heterocycles. The van der Waals surface area contributed by atoms with Gasteiger partial charge in [0.25, 0.3) is 0 Å². The molecule has 0 bridgehead atoms. The molecule has 0 unspecified atom stereocenters. The summed E-state index contributed by atoms with van der Waals surface area (Å²) in [5.74, 6) is -0.181. The first-order valence-corrected chi connectivity index (χ1v) is 5.38. The van der Waals surface area contributed by atoms with Crippen LogP contribution in [-0.4, -0.2) is 13.1 Å². The highest BCUT2D eigenvalue weighted by molar-refractivity contribution is 9.10. The molecule has 0 spiro atoms. The van der Waals surface area contributed by atoms with Gasteiger partial charge in [0.05, 0.1) is 0 Å². The number of benzene rings is 1. The van der Waals surface area contributed by atoms with E-state index in [1.807, 2.05) is 6.07 Å². The average molecular weight is 261 g/mol. The normalized spacial score (nSPS) is 10.5. The summed E-state index contributed by atoms with van der Waals surface area (Å²) in [6.07, 6.45) is 0.915. The quantitative estimate of drug-likeness (QED) is 0.796. The largest absolute Gasteiger partial charge is 0.330 e. The molecule has 4 heteroatoms. The zero-order chi connectivity index (χ0) is 10.4. The van der Waals surface area contributed by atoms with Crippen molar-refractivity contribution in [3.05, 3.63) is 34.1 Å². The molecular formula is C10H14BrFN2. The number of halogens is 2. The molecule has 14 heavy (non-hydrogen) atoms. The van der Waals surface area contributed by atoms with Crippen LogP contribution in [0.25, 0.3) is 0 Å². The van der Waals surface area contributed by atoms with Gasteiger partial charge in [-0.3, -0.25) is 0 Å². The molecule has 0 atom stereocenters. The average Bonchev–Trinajstić information content (AvgIpc) is 2.15. The second kappa shape index (κ2) is 6.11. The fourth-order valence-corrected chi connectivity index (χ4v) is 1.45. The van der Waals surface area contributed by atoms with Crippen LogP contribution >= 0.6 is 15.9 Å². The van der Waals surface area contributed by atoms with E-state index in [2.05, 4.69) is 21.2 Å². The summed E-state index contributed by atoms with van der Waals surface area (Å²) in [6.45, 7) is 2.04. The molecule has 3 N–H and O–H groups in total. The number of hydrogen-bond acceptors (Lipinski definition) is 2. The first-order chi connectivity index (χ1) is 6.74. The molecule has 1 aromatic rings. The van der Waals surface area contributed by atoms with Crippen molar-refractivity contribution in [1.29, 1.82) is 0 Å². The van der Waals surface area contributed by atoms with Crippen LogP contribution in [0.15, 0.2) is 22.7 Å². The van der Waals surface area contributed by atoms with Crippen molar-refractivity contribution in [2.24, 2.45) is 5.73 Å². The Labute approximate surface area is 91.8 Å². The van der Waals surface area contributed by atoms with E-state index in [0.29, 0.717) is 18.7 Å². The molecule has 0 radical (unpaired) electrons. The number of nitrogens with two attached hydrogens (primary N) is 1. The van der Waals surface area contributed by atoms with Crippen molar-refractivity contribution in [2.45, 2.75) is 13.0 Å². The van der Waals surface area contributed by atoms with Gasteiger partial charge in [0.2, 0.25) is 0 Å². The lowest BCUT2D eigenvalue weighted by Gasteiger charge is -2.05. The molecular weight excluding hydrogens is 247 g/mol. The van der Waals surface area contributed by atoms with Crippen LogP contribution in [0.5, 0.6) is 0 Å². The van der Waals surface area contributed by atoms with Crippen molar-refractivity contribution >= 4 is 15.9 Å². The number of nitrogens with one attached hydrogen (secondary N) is 1. The smallest absolute Gasteiger partial charge is 0.128 e. The highest BCUT2D eigenvalue weighted by atomic mass is 79.9. The molecule has 1 aromatic carbocycles. The maximum Gasteiger partial charge on any atom is 0.128 e. The van der Waals surface area contributed by atoms with Crippen molar-refractivity contribution in [3.8, 4) is 0 Å². The highest BCUT2D eigenvalue weighted by Crippen LogP contribution is 2.14. The zero-order valence-electron chi connectivity index (χ0n) is 7.89. The third kappa shape index (κ3) is 3.74. The number of hydrogen-bond donors (Lipinski definition) is 2. The monoisotopic (exact) mass is 260 g/mol. The van der Waals surface area contributed by atoms with Gasteiger partial charge in [0, 0.05) is 16.6 Å². The highest BCUT2D eigenvalue weighted by Gasteiger charge is 2.01. The van der Waals surface area contributed by atoms with E-state index in [1.54, 1.807) is 6.07 Å². The van der Waals surface area contributed by atoms with Crippen molar-refractivity contribution < 1.29 is 4.39 Å². The third-order valence-corrected chi connectivity index (χ3v) is 2.38. The summed E-state index contributed by atoms with van der Waals surface area (Å²) in [4.78, 5) is 0. The fourth-order valence-electron chi connectivity index (χ4n) is 1.12. The van der Waals surface area contributed by atoms with Crippen LogP contribution in [0.1, 0.15) is 12.0 Å². The Hall–Kier alpha value is -0.450. The van der Waals surface area contributed by atoms with E-state index in [-0.39, 0.29) is 5.82 Å². The second-order valence-electron chi connectivity index (χ2n) is 3.05. The number of rotatable bonds is 5. The SMILES string of the molecule is NCCCNCc1ccc(Br)cc1F. The van der Waals surface area contributed by atoms with Gasteiger partial charge in [0.1, 0.15) is 5.82 Å². The van der Waals surface area contributed by atoms with Gasteiger partial charge in [0.15, 0.2) is 0 Å². The van der Waals surface area contributed by atoms with Gasteiger partial charge in [-0.2, -0.15) is 0 Å². The maximum atomic E-state index is 13.3. The van der Waals surface area contributed by atoms with Crippen LogP contribution in [0.3, 0.4) is 0 Å². The zero-order valence-corrected chi connectivity index (χ0v) is 9.48. The van der Waals surface area contributed by atoms with Crippen molar-refractivity contribution in [3.63, 3.8) is 0 Å². The minimum absolute atomic E-state index is 0.181. The van der Waals surface area contributed by atoms with Crippen LogP contribution < -0.4 is 11.1 Å². The lowest BCUT2D eigenvalue weighted by Crippen LogP contribution is -2.18. The first kappa shape index (κ1) is 11.6. The van der Waals surface area contributed by atoms with Crippen molar-refractivity contribution in [2.75, 3.05) is 13.1 Å². The van der Waals surface area contributed by atoms with E-state index < -0.39 is 0 Å². The van der Waals surface area contributed by atoms with Crippen LogP contribution in [0.2, 0.25) is 0 Å². The van der Waals surface area contributed by atoms with Gasteiger partial charge >= 0.3 is 0 Å². The fraction of sp³-hybridized carbons (Fsp3) is 0.400. The van der Waals surface area contributed by atoms with Gasteiger partial charge < -0.3 is 11.1 Å². The molecule has 0 aliphatic carbocycles. The van der Waals surface area contributed by atoms with Crippen molar-refractivity contribution in [1.82, 2.24) is 5.32 Å². The molecule has 0 aliphatic rings. The first-order valence-electron chi connectivity index (χ1n) is 4.58. The van der Waals surface area contributed by atoms with E-state index in [0.717, 1.165) is 17.4 Å². The Morgan fingerprint density at radius 2 is 2.21 bits per heavy atom. The Morgan fingerprint density at radius 1 is 1.43 bits per heavy atom. The Balaban J connectivity index is 2.42. The van der Waals surface area contributed by atoms with Gasteiger partial charge in [-0.05, 0) is 31.6 Å². The summed E-state index contributed by atoms with van der Waals surface area (Å²) < 4.78 is 14.0. The van der Waals surface area contributed by atoms with Gasteiger partial charge in [-0.1, -0.05) is 22.0 Å². The van der Waals surface area contributed by atoms with E-state index in [1.165, 1.54) is 6.07 Å². The second-order valence-corrected chi connectivity index (χ2v) is 3.97. The van der Waals surface area contributed by atoms with Crippen LogP contribution in [-0.2, 0) is 6.54 Å². The van der Waals surface area contributed by atoms with E-state index in [4.69, 9.17) is 5.73 Å². The molecule has 2 nitrogen and oxygen atoms in total. The van der Waals surface area contributed by atoms with Crippen LogP contribution in [0, 0.1) is 5.82 Å². The Morgan fingerprint density at radius 3 is 2.86 bits per heavy atom. The molecule has 0 saturated carbocycles. The maximum absolute atomic E-state index is 13.3. The van der Waals surface area contributed by atoms with Crippen LogP contribution in [0.4, 0.5) is 4.39 Å². The Kier molecular flexibility index (Phi) is 5.07. The lowest BCUT2D eigenvalue weighted by atomic mass is 10.2. The molecule has 0 amide bonds. The molecule has 1 rings (SSSR count). The summed E-state index contributed by atoms with van der Waals surface area (Å²) in [5.41, 5.74) is 6.02. The Bertz CT molecular complexity index is 291. The lowest BCUT2D eigenvalue weighted by molar-refractivity contribution is 0.582. The molecule has 0 heterocycles.